The van der Waals surface area contributed by atoms with E-state index >= 15 is 0 Å². The number of carbonyl (C=O) groups excluding carboxylic acids is 1. The van der Waals surface area contributed by atoms with Gasteiger partial charge in [-0.2, -0.15) is 0 Å². The van der Waals surface area contributed by atoms with Crippen LogP contribution in [-0.4, -0.2) is 50.3 Å². The molecule has 0 spiro atoms. The molecule has 9 heteroatoms. The number of sulfonamides is 1. The molecule has 0 atom stereocenters. The van der Waals surface area contributed by atoms with Crippen LogP contribution in [0, 0.1) is 0 Å². The molecule has 0 heterocycles. The lowest BCUT2D eigenvalue weighted by Gasteiger charge is -2.23. The summed E-state index contributed by atoms with van der Waals surface area (Å²) < 4.78 is 29.8. The Morgan fingerprint density at radius 2 is 1.79 bits per heavy atom. The Kier molecular flexibility index (Phi) is 6.73. The van der Waals surface area contributed by atoms with Gasteiger partial charge in [-0.05, 0) is 38.0 Å². The Morgan fingerprint density at radius 1 is 1.21 bits per heavy atom. The van der Waals surface area contributed by atoms with E-state index in [4.69, 9.17) is 9.84 Å². The van der Waals surface area contributed by atoms with Gasteiger partial charge >= 0.3 is 5.97 Å². The molecule has 134 valence electrons. The number of hydrogen-bond acceptors (Lipinski definition) is 5. The topological polar surface area (TPSA) is 122 Å². The second kappa shape index (κ2) is 8.11. The largest absolute Gasteiger partial charge is 0.482 e. The second-order valence-electron chi connectivity index (χ2n) is 5.83. The lowest BCUT2D eigenvalue weighted by Crippen LogP contribution is -2.54. The van der Waals surface area contributed by atoms with Crippen molar-refractivity contribution in [1.82, 2.24) is 10.0 Å². The maximum atomic E-state index is 12.0. The average Bonchev–Trinajstić information content (AvgIpc) is 2.43. The average molecular weight is 358 g/mol. The highest BCUT2D eigenvalue weighted by Crippen LogP contribution is 2.12. The summed E-state index contributed by atoms with van der Waals surface area (Å²) in [4.78, 5) is 22.4. The van der Waals surface area contributed by atoms with Crippen LogP contribution in [0.15, 0.2) is 24.3 Å². The van der Waals surface area contributed by atoms with Crippen molar-refractivity contribution in [2.75, 3.05) is 19.4 Å². The van der Waals surface area contributed by atoms with Crippen LogP contribution in [-0.2, 0) is 26.0 Å². The van der Waals surface area contributed by atoms with E-state index in [0.717, 1.165) is 11.8 Å². The normalized spacial score (nSPS) is 11.8. The minimum absolute atomic E-state index is 0.336. The molecule has 0 radical (unpaired) electrons. The molecule has 0 fully saturated rings. The third-order valence-corrected chi connectivity index (χ3v) is 3.87. The van der Waals surface area contributed by atoms with Crippen molar-refractivity contribution >= 4 is 21.9 Å². The lowest BCUT2D eigenvalue weighted by molar-refractivity contribution is -0.139. The molecule has 1 rings (SSSR count). The second-order valence-corrected chi connectivity index (χ2v) is 7.58. The third kappa shape index (κ3) is 7.42. The molecule has 1 aromatic carbocycles. The third-order valence-electron chi connectivity index (χ3n) is 2.99. The zero-order valence-electron chi connectivity index (χ0n) is 13.8. The van der Waals surface area contributed by atoms with Gasteiger partial charge in [0.25, 0.3) is 0 Å². The Morgan fingerprint density at radius 3 is 2.29 bits per heavy atom. The SMILES string of the molecule is CC(C)(NS(C)(=O)=O)C(=O)NCCc1ccc(OCC(=O)O)cc1. The number of rotatable bonds is 9. The Labute approximate surface area is 141 Å². The molecule has 0 saturated carbocycles. The quantitative estimate of drug-likeness (QED) is 0.577. The fourth-order valence-electron chi connectivity index (χ4n) is 1.95. The maximum Gasteiger partial charge on any atom is 0.341 e. The highest BCUT2D eigenvalue weighted by atomic mass is 32.2. The molecule has 1 amide bonds. The van der Waals surface area contributed by atoms with Gasteiger partial charge in [0.15, 0.2) is 6.61 Å². The van der Waals surface area contributed by atoms with Gasteiger partial charge in [-0.25, -0.2) is 17.9 Å². The van der Waals surface area contributed by atoms with Gasteiger partial charge in [-0.3, -0.25) is 4.79 Å². The predicted molar refractivity (Wildman–Crippen MR) is 88.3 cm³/mol. The number of ether oxygens (including phenoxy) is 1. The molecule has 0 unspecified atom stereocenters. The number of carboxylic acid groups (broad SMARTS) is 1. The molecule has 0 aromatic heterocycles. The molecule has 8 nitrogen and oxygen atoms in total. The van der Waals surface area contributed by atoms with E-state index in [1.54, 1.807) is 24.3 Å². The fraction of sp³-hybridized carbons (Fsp3) is 0.467. The zero-order valence-corrected chi connectivity index (χ0v) is 14.6. The molecular weight excluding hydrogens is 336 g/mol. The van der Waals surface area contributed by atoms with Crippen molar-refractivity contribution in [3.05, 3.63) is 29.8 Å². The molecule has 3 N–H and O–H groups in total. The summed E-state index contributed by atoms with van der Waals surface area (Å²) in [5, 5.41) is 11.2. The van der Waals surface area contributed by atoms with Crippen molar-refractivity contribution in [2.45, 2.75) is 25.8 Å². The highest BCUT2D eigenvalue weighted by molar-refractivity contribution is 7.88. The van der Waals surface area contributed by atoms with Crippen LogP contribution in [0.4, 0.5) is 0 Å². The Hall–Kier alpha value is -2.13. The van der Waals surface area contributed by atoms with Crippen LogP contribution < -0.4 is 14.8 Å². The number of carboxylic acids is 1. The van der Waals surface area contributed by atoms with Crippen LogP contribution in [0.1, 0.15) is 19.4 Å². The molecule has 24 heavy (non-hydrogen) atoms. The van der Waals surface area contributed by atoms with E-state index in [1.165, 1.54) is 13.8 Å². The molecule has 1 aromatic rings. The molecular formula is C15H22N2O6S. The van der Waals surface area contributed by atoms with Crippen LogP contribution in [0.2, 0.25) is 0 Å². The predicted octanol–water partition coefficient (Wildman–Crippen LogP) is 0.137. The summed E-state index contributed by atoms with van der Waals surface area (Å²) in [5.74, 6) is -1.02. The first-order chi connectivity index (χ1) is 11.0. The minimum Gasteiger partial charge on any atom is -0.482 e. The van der Waals surface area contributed by atoms with Gasteiger partial charge < -0.3 is 15.2 Å². The van der Waals surface area contributed by atoms with Crippen molar-refractivity contribution in [3.63, 3.8) is 0 Å². The van der Waals surface area contributed by atoms with Crippen LogP contribution in [0.3, 0.4) is 0 Å². The number of hydrogen-bond donors (Lipinski definition) is 3. The summed E-state index contributed by atoms with van der Waals surface area (Å²) in [5.41, 5.74) is -0.311. The Balaban J connectivity index is 2.46. The number of carbonyl (C=O) groups is 2. The summed E-state index contributed by atoms with van der Waals surface area (Å²) in [6.07, 6.45) is 1.54. The first kappa shape index (κ1) is 19.9. The van der Waals surface area contributed by atoms with Gasteiger partial charge in [-0.15, -0.1) is 0 Å². The van der Waals surface area contributed by atoms with Crippen molar-refractivity contribution in [3.8, 4) is 5.75 Å². The molecule has 0 aliphatic carbocycles. The van der Waals surface area contributed by atoms with E-state index in [0.29, 0.717) is 18.7 Å². The first-order valence-corrected chi connectivity index (χ1v) is 9.09. The van der Waals surface area contributed by atoms with Crippen LogP contribution >= 0.6 is 0 Å². The summed E-state index contributed by atoms with van der Waals surface area (Å²) in [6, 6.07) is 6.83. The fourth-order valence-corrected chi connectivity index (χ4v) is 2.97. The highest BCUT2D eigenvalue weighted by Gasteiger charge is 2.30. The molecule has 0 bridgehead atoms. The first-order valence-electron chi connectivity index (χ1n) is 7.20. The van der Waals surface area contributed by atoms with E-state index < -0.39 is 34.0 Å². The van der Waals surface area contributed by atoms with Crippen LogP contribution in [0.25, 0.3) is 0 Å². The monoisotopic (exact) mass is 358 g/mol. The summed E-state index contributed by atoms with van der Waals surface area (Å²) in [6.45, 7) is 2.90. The summed E-state index contributed by atoms with van der Waals surface area (Å²) >= 11 is 0. The Bertz CT molecular complexity index is 682. The maximum absolute atomic E-state index is 12.0. The minimum atomic E-state index is -3.49. The van der Waals surface area contributed by atoms with Gasteiger partial charge in [-0.1, -0.05) is 12.1 Å². The van der Waals surface area contributed by atoms with E-state index in [9.17, 15) is 18.0 Å². The van der Waals surface area contributed by atoms with E-state index in [1.807, 2.05) is 0 Å². The van der Waals surface area contributed by atoms with Gasteiger partial charge in [0.1, 0.15) is 11.3 Å². The smallest absolute Gasteiger partial charge is 0.341 e. The molecule has 0 saturated heterocycles. The zero-order chi connectivity index (χ0) is 18.4. The number of nitrogens with one attached hydrogen (secondary N) is 2. The number of amides is 1. The van der Waals surface area contributed by atoms with Crippen molar-refractivity contribution < 1.29 is 27.9 Å². The van der Waals surface area contributed by atoms with Gasteiger partial charge in [0.2, 0.25) is 15.9 Å². The van der Waals surface area contributed by atoms with Crippen molar-refractivity contribution in [1.29, 1.82) is 0 Å². The molecule has 0 aliphatic heterocycles. The van der Waals surface area contributed by atoms with Crippen LogP contribution in [0.5, 0.6) is 5.75 Å². The summed E-state index contributed by atoms with van der Waals surface area (Å²) in [7, 11) is -3.49. The van der Waals surface area contributed by atoms with E-state index in [2.05, 4.69) is 10.0 Å². The standard InChI is InChI=1S/C15H22N2O6S/c1-15(2,17-24(3,21)22)14(20)16-9-8-11-4-6-12(7-5-11)23-10-13(18)19/h4-7,17H,8-10H2,1-3H3,(H,16,20)(H,18,19). The van der Waals surface area contributed by atoms with Crippen molar-refractivity contribution in [2.24, 2.45) is 0 Å². The van der Waals surface area contributed by atoms with E-state index in [-0.39, 0.29) is 0 Å². The molecule has 0 aliphatic rings. The lowest BCUT2D eigenvalue weighted by atomic mass is 10.1. The van der Waals surface area contributed by atoms with Gasteiger partial charge in [0.05, 0.1) is 6.26 Å². The number of benzene rings is 1. The number of aliphatic carboxylic acids is 1. The van der Waals surface area contributed by atoms with Gasteiger partial charge in [0, 0.05) is 6.54 Å².